The van der Waals surface area contributed by atoms with Crippen LogP contribution in [0.5, 0.6) is 5.75 Å². The first-order chi connectivity index (χ1) is 17.1. The van der Waals surface area contributed by atoms with Crippen LogP contribution in [-0.4, -0.2) is 45.2 Å². The molecule has 7 heteroatoms. The maximum absolute atomic E-state index is 13.6. The first kappa shape index (κ1) is 27.1. The third kappa shape index (κ3) is 6.13. The predicted octanol–water partition coefficient (Wildman–Crippen LogP) is 5.81. The van der Waals surface area contributed by atoms with E-state index in [1.807, 2.05) is 13.1 Å². The molecule has 0 radical (unpaired) electrons. The van der Waals surface area contributed by atoms with E-state index in [4.69, 9.17) is 21.1 Å². The summed E-state index contributed by atoms with van der Waals surface area (Å²) >= 11 is 6.09. The highest BCUT2D eigenvalue weighted by atomic mass is 35.5. The summed E-state index contributed by atoms with van der Waals surface area (Å²) in [7, 11) is 1.93. The molecule has 0 saturated carbocycles. The molecule has 0 amide bonds. The Bertz CT molecular complexity index is 1110. The van der Waals surface area contributed by atoms with Gasteiger partial charge in [0, 0.05) is 48.3 Å². The van der Waals surface area contributed by atoms with E-state index in [1.54, 1.807) is 6.07 Å². The number of halogens is 3. The molecule has 4 nitrogen and oxygen atoms in total. The lowest BCUT2D eigenvalue weighted by Crippen LogP contribution is -2.41. The van der Waals surface area contributed by atoms with Crippen LogP contribution in [0.25, 0.3) is 0 Å². The van der Waals surface area contributed by atoms with E-state index in [0.29, 0.717) is 18.4 Å². The number of benzene rings is 2. The molecule has 3 aliphatic carbocycles. The Morgan fingerprint density at radius 3 is 2.81 bits per heavy atom. The minimum atomic E-state index is -0.0922. The number of ether oxygens (including phenoxy) is 2. The second kappa shape index (κ2) is 12.6. The third-order valence-corrected chi connectivity index (χ3v) is 7.77. The smallest absolute Gasteiger partial charge is 0.126 e. The predicted molar refractivity (Wildman–Crippen MR) is 147 cm³/mol. The van der Waals surface area contributed by atoms with Gasteiger partial charge in [0.25, 0.3) is 0 Å². The van der Waals surface area contributed by atoms with Crippen LogP contribution in [0, 0.1) is 17.7 Å². The van der Waals surface area contributed by atoms with Gasteiger partial charge in [0.1, 0.15) is 24.3 Å². The van der Waals surface area contributed by atoms with Gasteiger partial charge in [-0.25, -0.2) is 4.39 Å². The molecule has 2 unspecified atom stereocenters. The van der Waals surface area contributed by atoms with Crippen LogP contribution in [0.2, 0.25) is 5.02 Å². The molecule has 194 valence electrons. The molecule has 2 aromatic carbocycles. The van der Waals surface area contributed by atoms with E-state index in [0.717, 1.165) is 80.1 Å². The number of morpholine rings is 1. The summed E-state index contributed by atoms with van der Waals surface area (Å²) in [5, 5.41) is 4.11. The molecule has 1 N–H and O–H groups in total. The van der Waals surface area contributed by atoms with Crippen LogP contribution in [0.3, 0.4) is 0 Å². The van der Waals surface area contributed by atoms with Crippen LogP contribution in [0.15, 0.2) is 47.5 Å². The lowest BCUT2D eigenvalue weighted by Gasteiger charge is -2.24. The largest absolute Gasteiger partial charge is 0.491 e. The van der Waals surface area contributed by atoms with Crippen molar-refractivity contribution >= 4 is 29.7 Å². The Morgan fingerprint density at radius 2 is 2.00 bits per heavy atom. The number of hydrogen-bond acceptors (Lipinski definition) is 4. The molecule has 2 bridgehead atoms. The number of hydrogen-bond donors (Lipinski definition) is 1. The summed E-state index contributed by atoms with van der Waals surface area (Å²) in [6, 6.07) is 9.57. The van der Waals surface area contributed by atoms with Crippen molar-refractivity contribution in [3.63, 3.8) is 0 Å². The standard InChI is InChI=1S/C15H16ClN.C14H18FNO2.ClH/c1-17-15-11-3-2-4-12(15)8-13-9-14(16)6-5-10(13)7-11;15-13-4-5-14(12-3-1-2-11(12)13)18-9-10-8-16-6-7-17-10;/h2,4-6,9,11-12H,3,7-8H2,1H3;4-5,10,16H,1-3,6-9H2;1H/t;10-;/m.0./s1. The minimum absolute atomic E-state index is 0. The Hall–Kier alpha value is -1.92. The lowest BCUT2D eigenvalue weighted by molar-refractivity contribution is 0.0000136. The zero-order valence-electron chi connectivity index (χ0n) is 20.8. The van der Waals surface area contributed by atoms with E-state index in [-0.39, 0.29) is 24.3 Å². The van der Waals surface area contributed by atoms with Gasteiger partial charge >= 0.3 is 0 Å². The van der Waals surface area contributed by atoms with Crippen molar-refractivity contribution in [2.45, 2.75) is 44.6 Å². The molecule has 3 atom stereocenters. The van der Waals surface area contributed by atoms with E-state index >= 15 is 0 Å². The zero-order chi connectivity index (χ0) is 24.2. The Balaban J connectivity index is 0.000000165. The van der Waals surface area contributed by atoms with Gasteiger partial charge in [-0.1, -0.05) is 29.8 Å². The summed E-state index contributed by atoms with van der Waals surface area (Å²) < 4.78 is 25.0. The van der Waals surface area contributed by atoms with Gasteiger partial charge in [0.2, 0.25) is 0 Å². The number of allylic oxidation sites excluding steroid dienone is 2. The van der Waals surface area contributed by atoms with Crippen molar-refractivity contribution in [2.24, 2.45) is 16.8 Å². The van der Waals surface area contributed by atoms with Gasteiger partial charge in [0.15, 0.2) is 0 Å². The highest BCUT2D eigenvalue weighted by Crippen LogP contribution is 2.34. The summed E-state index contributed by atoms with van der Waals surface area (Å²) in [5.41, 5.74) is 6.12. The molecule has 0 spiro atoms. The molecule has 4 aliphatic rings. The number of nitrogens with zero attached hydrogens (tertiary/aromatic N) is 1. The zero-order valence-corrected chi connectivity index (χ0v) is 22.3. The number of aliphatic imine (C=N–C) groups is 1. The number of fused-ring (bicyclic) bond motifs is 4. The topological polar surface area (TPSA) is 42.8 Å². The average Bonchev–Trinajstić information content (AvgIpc) is 3.35. The fourth-order valence-corrected chi connectivity index (χ4v) is 5.99. The second-order valence-electron chi connectivity index (χ2n) is 9.80. The van der Waals surface area contributed by atoms with E-state index < -0.39 is 0 Å². The van der Waals surface area contributed by atoms with Crippen molar-refractivity contribution in [3.05, 3.63) is 75.6 Å². The number of nitrogens with one attached hydrogen (secondary N) is 1. The van der Waals surface area contributed by atoms with Gasteiger partial charge in [-0.15, -0.1) is 12.4 Å². The van der Waals surface area contributed by atoms with Crippen LogP contribution in [0.1, 0.15) is 35.1 Å². The van der Waals surface area contributed by atoms with Gasteiger partial charge < -0.3 is 14.8 Å². The molecule has 1 heterocycles. The van der Waals surface area contributed by atoms with Gasteiger partial charge in [-0.3, -0.25) is 4.99 Å². The van der Waals surface area contributed by atoms with E-state index in [1.165, 1.54) is 22.9 Å². The molecule has 6 rings (SSSR count). The first-order valence-corrected chi connectivity index (χ1v) is 13.2. The molecular formula is C29H35Cl2FN2O2. The van der Waals surface area contributed by atoms with Crippen molar-refractivity contribution in [2.75, 3.05) is 33.4 Å². The fraction of sp³-hybridized carbons (Fsp3) is 0.483. The van der Waals surface area contributed by atoms with Crippen molar-refractivity contribution in [1.82, 2.24) is 5.32 Å². The first-order valence-electron chi connectivity index (χ1n) is 12.8. The molecule has 1 aliphatic heterocycles. The highest BCUT2D eigenvalue weighted by molar-refractivity contribution is 6.30. The average molecular weight is 534 g/mol. The van der Waals surface area contributed by atoms with E-state index in [9.17, 15) is 4.39 Å². The Morgan fingerprint density at radius 1 is 1.14 bits per heavy atom. The number of rotatable bonds is 3. The molecule has 1 saturated heterocycles. The maximum Gasteiger partial charge on any atom is 0.126 e. The third-order valence-electron chi connectivity index (χ3n) is 7.53. The minimum Gasteiger partial charge on any atom is -0.491 e. The summed E-state index contributed by atoms with van der Waals surface area (Å²) in [5.74, 6) is 1.82. The monoisotopic (exact) mass is 532 g/mol. The summed E-state index contributed by atoms with van der Waals surface area (Å²) in [6.07, 6.45) is 10.8. The quantitative estimate of drug-likeness (QED) is 0.507. The van der Waals surface area contributed by atoms with Crippen molar-refractivity contribution in [1.29, 1.82) is 0 Å². The molecule has 1 fully saturated rings. The van der Waals surface area contributed by atoms with E-state index in [2.05, 4.69) is 34.6 Å². The Kier molecular flexibility index (Phi) is 9.46. The van der Waals surface area contributed by atoms with Crippen LogP contribution in [0.4, 0.5) is 4.39 Å². The lowest BCUT2D eigenvalue weighted by atomic mass is 9.82. The Labute approximate surface area is 224 Å². The van der Waals surface area contributed by atoms with Crippen LogP contribution >= 0.6 is 24.0 Å². The summed E-state index contributed by atoms with van der Waals surface area (Å²) in [6.45, 7) is 2.99. The molecule has 36 heavy (non-hydrogen) atoms. The van der Waals surface area contributed by atoms with Crippen molar-refractivity contribution in [3.8, 4) is 5.75 Å². The highest BCUT2D eigenvalue weighted by Gasteiger charge is 2.30. The second-order valence-corrected chi connectivity index (χ2v) is 10.2. The van der Waals surface area contributed by atoms with Crippen molar-refractivity contribution < 1.29 is 13.9 Å². The van der Waals surface area contributed by atoms with Gasteiger partial charge in [0.05, 0.1) is 6.61 Å². The SMILES string of the molecule is CN=C1C2C=CCC1Cc1ccc(Cl)cc1C2.Cl.Fc1ccc(OC[C@@H]2CNCCO2)c2c1CCC2. The van der Waals surface area contributed by atoms with Crippen LogP contribution in [-0.2, 0) is 30.4 Å². The summed E-state index contributed by atoms with van der Waals surface area (Å²) in [4.78, 5) is 4.53. The molecule has 0 aromatic heterocycles. The maximum atomic E-state index is 13.6. The van der Waals surface area contributed by atoms with Gasteiger partial charge in [-0.05, 0) is 79.5 Å². The molecule has 2 aromatic rings. The van der Waals surface area contributed by atoms with Crippen LogP contribution < -0.4 is 10.1 Å². The van der Waals surface area contributed by atoms with Gasteiger partial charge in [-0.2, -0.15) is 0 Å². The molecular weight excluding hydrogens is 498 g/mol. The normalized spacial score (nSPS) is 25.1. The fourth-order valence-electron chi connectivity index (χ4n) is 5.80.